The highest BCUT2D eigenvalue weighted by molar-refractivity contribution is 9.10. The van der Waals surface area contributed by atoms with Gasteiger partial charge in [0, 0.05) is 60.3 Å². The van der Waals surface area contributed by atoms with Gasteiger partial charge in [-0.2, -0.15) is 4.98 Å². The second-order valence-electron chi connectivity index (χ2n) is 17.7. The normalized spacial score (nSPS) is 18.1. The average molecular weight is 962 g/mol. The Kier molecular flexibility index (Phi) is 13.1. The van der Waals surface area contributed by atoms with E-state index in [9.17, 15) is 18.5 Å². The zero-order valence-electron chi connectivity index (χ0n) is 36.7. The number of ether oxygens (including phenoxy) is 1. The second-order valence-corrected chi connectivity index (χ2v) is 21.7. The van der Waals surface area contributed by atoms with E-state index in [0.29, 0.717) is 68.1 Å². The summed E-state index contributed by atoms with van der Waals surface area (Å²) in [5, 5.41) is 9.83. The molecule has 0 unspecified atom stereocenters. The van der Waals surface area contributed by atoms with Crippen LogP contribution in [0.5, 0.6) is 5.75 Å². The molecule has 5 aromatic rings. The van der Waals surface area contributed by atoms with Gasteiger partial charge in [0.2, 0.25) is 17.8 Å². The van der Waals surface area contributed by atoms with Crippen molar-refractivity contribution in [3.05, 3.63) is 93.0 Å². The Labute approximate surface area is 379 Å². The van der Waals surface area contributed by atoms with E-state index in [4.69, 9.17) is 9.72 Å². The summed E-state index contributed by atoms with van der Waals surface area (Å²) in [6, 6.07) is 11.8. The van der Waals surface area contributed by atoms with Crippen LogP contribution < -0.4 is 30.9 Å². The fourth-order valence-electron chi connectivity index (χ4n) is 9.55. The predicted octanol–water partition coefficient (Wildman–Crippen LogP) is 9.26. The minimum absolute atomic E-state index is 0.0583. The number of methoxy groups -OCH3 is 1. The third-order valence-corrected chi connectivity index (χ3v) is 15.3. The quantitative estimate of drug-likeness (QED) is 0.0814. The molecule has 3 aliphatic rings. The Morgan fingerprint density at radius 1 is 0.938 bits per heavy atom. The molecular weight excluding hydrogens is 908 g/mol. The van der Waals surface area contributed by atoms with Crippen LogP contribution in [0.1, 0.15) is 73.8 Å². The number of carbonyl (C=O) groups is 2. The zero-order valence-corrected chi connectivity index (χ0v) is 39.2. The van der Waals surface area contributed by atoms with Crippen molar-refractivity contribution < 1.29 is 32.1 Å². The van der Waals surface area contributed by atoms with Crippen molar-refractivity contribution in [2.45, 2.75) is 71.1 Å². The molecule has 3 N–H and O–H groups in total. The van der Waals surface area contributed by atoms with Gasteiger partial charge in [0.15, 0.2) is 0 Å². The largest absolute Gasteiger partial charge is 0.494 e. The topological polar surface area (TPSA) is 142 Å². The number of aromatic nitrogens is 3. The Balaban J connectivity index is 0.901. The van der Waals surface area contributed by atoms with Gasteiger partial charge in [-0.3, -0.25) is 19.9 Å². The van der Waals surface area contributed by atoms with Crippen molar-refractivity contribution in [1.82, 2.24) is 25.2 Å². The fraction of sp³-hybridized carbons (Fsp3) is 0.426. The van der Waals surface area contributed by atoms with Crippen LogP contribution in [0.4, 0.5) is 42.0 Å². The molecule has 3 aliphatic heterocycles. The lowest BCUT2D eigenvalue weighted by Gasteiger charge is -2.47. The number of aryl methyl sites for hydroxylation is 2. The smallest absolute Gasteiger partial charge is 0.234 e. The van der Waals surface area contributed by atoms with Gasteiger partial charge < -0.3 is 29.7 Å². The summed E-state index contributed by atoms with van der Waals surface area (Å²) in [4.78, 5) is 42.3. The van der Waals surface area contributed by atoms with Crippen LogP contribution in [0, 0.1) is 29.8 Å². The number of anilines is 5. The van der Waals surface area contributed by atoms with Crippen LogP contribution in [0.3, 0.4) is 0 Å². The number of piperidine rings is 3. The van der Waals surface area contributed by atoms with Gasteiger partial charge in [0.1, 0.15) is 36.2 Å². The highest BCUT2D eigenvalue weighted by atomic mass is 79.9. The SMILES string of the molecule is CCc1cc(Nc2ncc(Br)c(Nc3ccc4nc(C)c(F)cc4c3P(C)(C)=O)n2)c(OC)cc1N1CCC2(CCN(CCc3cc(F)c([C@H]4CCC(=O)NC4=O)c(F)c3)CC2)CC1. The molecule has 0 aliphatic carbocycles. The number of rotatable bonds is 12. The summed E-state index contributed by atoms with van der Waals surface area (Å²) in [5.41, 5.74) is 4.89. The van der Waals surface area contributed by atoms with E-state index in [1.807, 2.05) is 0 Å². The van der Waals surface area contributed by atoms with E-state index in [2.05, 4.69) is 70.7 Å². The van der Waals surface area contributed by atoms with Gasteiger partial charge in [-0.15, -0.1) is 0 Å². The van der Waals surface area contributed by atoms with E-state index in [1.165, 1.54) is 18.2 Å². The molecule has 3 fully saturated rings. The first-order valence-corrected chi connectivity index (χ1v) is 25.2. The van der Waals surface area contributed by atoms with Crippen LogP contribution in [0.15, 0.2) is 53.1 Å². The van der Waals surface area contributed by atoms with Gasteiger partial charge in [-0.05, 0) is 147 Å². The van der Waals surface area contributed by atoms with E-state index < -0.39 is 42.3 Å². The summed E-state index contributed by atoms with van der Waals surface area (Å²) in [5.74, 6) is -2.63. The lowest BCUT2D eigenvalue weighted by Crippen LogP contribution is -2.47. The van der Waals surface area contributed by atoms with E-state index in [-0.39, 0.29) is 29.5 Å². The van der Waals surface area contributed by atoms with E-state index in [1.54, 1.807) is 45.7 Å². The molecule has 5 heterocycles. The molecule has 17 heteroatoms. The molecule has 2 amide bonds. The highest BCUT2D eigenvalue weighted by Crippen LogP contribution is 2.45. The summed E-state index contributed by atoms with van der Waals surface area (Å²) < 4.78 is 65.1. The summed E-state index contributed by atoms with van der Waals surface area (Å²) in [7, 11) is -1.28. The number of carbonyl (C=O) groups excluding carboxylic acids is 2. The minimum atomic E-state index is -2.93. The van der Waals surface area contributed by atoms with Crippen molar-refractivity contribution >= 4 is 79.9 Å². The molecule has 338 valence electrons. The molecule has 0 saturated carbocycles. The molecule has 64 heavy (non-hydrogen) atoms. The lowest BCUT2D eigenvalue weighted by molar-refractivity contribution is -0.134. The molecule has 3 saturated heterocycles. The van der Waals surface area contributed by atoms with Crippen molar-refractivity contribution in [3.63, 3.8) is 0 Å². The Bertz CT molecular complexity index is 2660. The Morgan fingerprint density at radius 3 is 2.30 bits per heavy atom. The number of halogens is 4. The van der Waals surface area contributed by atoms with Crippen LogP contribution in [0.25, 0.3) is 10.9 Å². The maximum Gasteiger partial charge on any atom is 0.234 e. The molecule has 2 aromatic heterocycles. The number of nitrogens with zero attached hydrogens (tertiary/aromatic N) is 5. The molecule has 0 bridgehead atoms. The summed E-state index contributed by atoms with van der Waals surface area (Å²) >= 11 is 3.56. The van der Waals surface area contributed by atoms with Crippen molar-refractivity contribution in [2.24, 2.45) is 5.41 Å². The number of pyridine rings is 1. The van der Waals surface area contributed by atoms with E-state index in [0.717, 1.165) is 69.5 Å². The minimum Gasteiger partial charge on any atom is -0.494 e. The van der Waals surface area contributed by atoms with Crippen LogP contribution in [0.2, 0.25) is 0 Å². The molecule has 3 aromatic carbocycles. The number of imide groups is 1. The average Bonchev–Trinajstić information content (AvgIpc) is 3.25. The van der Waals surface area contributed by atoms with E-state index >= 15 is 8.78 Å². The Hall–Kier alpha value is -5.05. The fourth-order valence-corrected chi connectivity index (χ4v) is 11.3. The van der Waals surface area contributed by atoms with Gasteiger partial charge in [-0.25, -0.2) is 18.2 Å². The number of nitrogens with one attached hydrogen (secondary N) is 3. The molecule has 8 rings (SSSR count). The number of fused-ring (bicyclic) bond motifs is 1. The second kappa shape index (κ2) is 18.4. The first kappa shape index (κ1) is 45.5. The highest BCUT2D eigenvalue weighted by Gasteiger charge is 2.38. The van der Waals surface area contributed by atoms with Crippen molar-refractivity contribution in [2.75, 3.05) is 68.7 Å². The molecule has 0 radical (unpaired) electrons. The maximum absolute atomic E-state index is 15.1. The van der Waals surface area contributed by atoms with Crippen molar-refractivity contribution in [1.29, 1.82) is 0 Å². The van der Waals surface area contributed by atoms with Crippen LogP contribution in [-0.4, -0.2) is 84.8 Å². The maximum atomic E-state index is 15.1. The molecule has 1 spiro atoms. The van der Waals surface area contributed by atoms with Gasteiger partial charge in [-0.1, -0.05) is 6.92 Å². The van der Waals surface area contributed by atoms with Gasteiger partial charge in [0.05, 0.1) is 40.1 Å². The van der Waals surface area contributed by atoms with Gasteiger partial charge >= 0.3 is 0 Å². The number of benzene rings is 3. The van der Waals surface area contributed by atoms with Crippen LogP contribution in [-0.2, 0) is 27.0 Å². The molecular formula is C47H53BrF3N8O4P. The predicted molar refractivity (Wildman–Crippen MR) is 249 cm³/mol. The summed E-state index contributed by atoms with van der Waals surface area (Å²) in [6.07, 6.45) is 7.31. The first-order valence-electron chi connectivity index (χ1n) is 21.8. The number of hydrogen-bond donors (Lipinski definition) is 3. The standard InChI is InChI=1S/C47H53BrF3N8O4P/c1-6-29-23-38(55-46-52-26-32(48)44(57-46)54-37-9-8-36-31(43(37)64(4,5)62)24-33(49)27(2)53-36)40(63-3)25-39(29)59-19-14-47(15-20-59)12-17-58(18-13-47)16-11-28-21-34(50)42(35(51)22-28)30-7-10-41(60)56-45(30)61/h8-9,21-26,30H,6-7,10-20H2,1-5H3,(H,56,60,61)(H2,52,54,55,57)/t30-/m1/s1. The molecule has 1 atom stereocenters. The molecule has 12 nitrogen and oxygen atoms in total. The number of amides is 2. The zero-order chi connectivity index (χ0) is 45.5. The first-order chi connectivity index (χ1) is 30.5. The monoisotopic (exact) mass is 960 g/mol. The third-order valence-electron chi connectivity index (χ3n) is 13.2. The Morgan fingerprint density at radius 2 is 1.64 bits per heavy atom. The van der Waals surface area contributed by atoms with Crippen molar-refractivity contribution in [3.8, 4) is 5.75 Å². The lowest BCUT2D eigenvalue weighted by atomic mass is 9.71. The third kappa shape index (κ3) is 9.51. The summed E-state index contributed by atoms with van der Waals surface area (Å²) in [6.45, 7) is 11.4. The van der Waals surface area contributed by atoms with Gasteiger partial charge in [0.25, 0.3) is 0 Å². The number of likely N-dealkylation sites (tertiary alicyclic amines) is 1. The number of hydrogen-bond acceptors (Lipinski definition) is 11. The van der Waals surface area contributed by atoms with Crippen LogP contribution >= 0.6 is 23.1 Å².